The van der Waals surface area contributed by atoms with Gasteiger partial charge in [-0.3, -0.25) is 0 Å². The highest BCUT2D eigenvalue weighted by Crippen LogP contribution is 2.37. The molecule has 0 amide bonds. The van der Waals surface area contributed by atoms with E-state index < -0.39 is 0 Å². The number of hydrogen-bond acceptors (Lipinski definition) is 1. The van der Waals surface area contributed by atoms with Gasteiger partial charge in [0.15, 0.2) is 0 Å². The molecule has 2 atom stereocenters. The SMILES string of the molecule is CC(C)(C)C1CCCC[C@H]1O. The van der Waals surface area contributed by atoms with Crippen molar-refractivity contribution in [3.63, 3.8) is 0 Å². The molecule has 66 valence electrons. The van der Waals surface area contributed by atoms with Crippen molar-refractivity contribution in [3.8, 4) is 0 Å². The standard InChI is InChI=1S/C10H20O/c1-10(2,3)8-6-4-5-7-9(8)11/h8-9,11H,4-7H2,1-3H3/t8?,9-/m1/s1. The van der Waals surface area contributed by atoms with Crippen LogP contribution in [0.25, 0.3) is 0 Å². The highest BCUT2D eigenvalue weighted by Gasteiger charge is 2.32. The molecule has 1 N–H and O–H groups in total. The molecule has 1 rings (SSSR count). The molecule has 1 saturated carbocycles. The van der Waals surface area contributed by atoms with Crippen LogP contribution in [0.15, 0.2) is 0 Å². The van der Waals surface area contributed by atoms with Gasteiger partial charge in [-0.25, -0.2) is 0 Å². The van der Waals surface area contributed by atoms with Gasteiger partial charge in [0, 0.05) is 0 Å². The minimum Gasteiger partial charge on any atom is -0.393 e. The van der Waals surface area contributed by atoms with Gasteiger partial charge in [-0.1, -0.05) is 33.6 Å². The van der Waals surface area contributed by atoms with Crippen molar-refractivity contribution in [1.82, 2.24) is 0 Å². The summed E-state index contributed by atoms with van der Waals surface area (Å²) in [5.74, 6) is 0.524. The summed E-state index contributed by atoms with van der Waals surface area (Å²) >= 11 is 0. The fourth-order valence-corrected chi connectivity index (χ4v) is 2.12. The second kappa shape index (κ2) is 3.14. The molecule has 0 aromatic carbocycles. The van der Waals surface area contributed by atoms with Gasteiger partial charge in [-0.15, -0.1) is 0 Å². The Bertz CT molecular complexity index is 123. The normalized spacial score (nSPS) is 33.8. The quantitative estimate of drug-likeness (QED) is 0.571. The Hall–Kier alpha value is -0.0400. The van der Waals surface area contributed by atoms with Crippen molar-refractivity contribution in [2.75, 3.05) is 0 Å². The molecule has 1 unspecified atom stereocenters. The fourth-order valence-electron chi connectivity index (χ4n) is 2.12. The Balaban J connectivity index is 2.55. The van der Waals surface area contributed by atoms with Crippen LogP contribution in [0.5, 0.6) is 0 Å². The lowest BCUT2D eigenvalue weighted by atomic mass is 9.71. The number of aliphatic hydroxyl groups excluding tert-OH is 1. The topological polar surface area (TPSA) is 20.2 Å². The van der Waals surface area contributed by atoms with Gasteiger partial charge >= 0.3 is 0 Å². The molecule has 0 heterocycles. The lowest BCUT2D eigenvalue weighted by molar-refractivity contribution is 0.0105. The highest BCUT2D eigenvalue weighted by molar-refractivity contribution is 4.83. The van der Waals surface area contributed by atoms with E-state index in [0.29, 0.717) is 11.3 Å². The van der Waals surface area contributed by atoms with E-state index in [-0.39, 0.29) is 6.10 Å². The van der Waals surface area contributed by atoms with E-state index in [2.05, 4.69) is 20.8 Å². The summed E-state index contributed by atoms with van der Waals surface area (Å²) in [6.45, 7) is 6.69. The lowest BCUT2D eigenvalue weighted by Crippen LogP contribution is -2.34. The zero-order valence-electron chi connectivity index (χ0n) is 7.93. The number of hydrogen-bond donors (Lipinski definition) is 1. The minimum absolute atomic E-state index is 0.0382. The van der Waals surface area contributed by atoms with Crippen molar-refractivity contribution in [2.24, 2.45) is 11.3 Å². The highest BCUT2D eigenvalue weighted by atomic mass is 16.3. The van der Waals surface area contributed by atoms with E-state index in [9.17, 15) is 5.11 Å². The zero-order valence-corrected chi connectivity index (χ0v) is 7.93. The van der Waals surface area contributed by atoms with Crippen LogP contribution in [-0.4, -0.2) is 11.2 Å². The molecule has 0 aromatic rings. The molecule has 0 spiro atoms. The molecule has 0 aliphatic heterocycles. The maximum atomic E-state index is 9.70. The summed E-state index contributed by atoms with van der Waals surface area (Å²) in [5.41, 5.74) is 0.292. The van der Waals surface area contributed by atoms with Gasteiger partial charge < -0.3 is 5.11 Å². The Morgan fingerprint density at radius 2 is 1.64 bits per heavy atom. The van der Waals surface area contributed by atoms with Crippen LogP contribution in [0, 0.1) is 11.3 Å². The largest absolute Gasteiger partial charge is 0.393 e. The van der Waals surface area contributed by atoms with Gasteiger partial charge in [-0.2, -0.15) is 0 Å². The van der Waals surface area contributed by atoms with E-state index >= 15 is 0 Å². The van der Waals surface area contributed by atoms with Crippen LogP contribution in [0.4, 0.5) is 0 Å². The average molecular weight is 156 g/mol. The first-order valence-corrected chi connectivity index (χ1v) is 4.70. The van der Waals surface area contributed by atoms with Crippen LogP contribution in [0.2, 0.25) is 0 Å². The predicted octanol–water partition coefficient (Wildman–Crippen LogP) is 2.58. The second-order valence-corrected chi connectivity index (χ2v) is 4.82. The summed E-state index contributed by atoms with van der Waals surface area (Å²) in [6, 6.07) is 0. The Morgan fingerprint density at radius 1 is 1.09 bits per heavy atom. The molecular formula is C10H20O. The van der Waals surface area contributed by atoms with Gasteiger partial charge in [0.2, 0.25) is 0 Å². The third-order valence-corrected chi connectivity index (χ3v) is 2.84. The Morgan fingerprint density at radius 3 is 2.00 bits per heavy atom. The maximum absolute atomic E-state index is 9.70. The summed E-state index contributed by atoms with van der Waals surface area (Å²) in [4.78, 5) is 0. The average Bonchev–Trinajstić information content (AvgIpc) is 1.86. The monoisotopic (exact) mass is 156 g/mol. The predicted molar refractivity (Wildman–Crippen MR) is 47.4 cm³/mol. The second-order valence-electron chi connectivity index (χ2n) is 4.82. The van der Waals surface area contributed by atoms with E-state index in [1.807, 2.05) is 0 Å². The summed E-state index contributed by atoms with van der Waals surface area (Å²) in [6.07, 6.45) is 4.71. The van der Waals surface area contributed by atoms with Gasteiger partial charge in [0.05, 0.1) is 6.10 Å². The van der Waals surface area contributed by atoms with Crippen LogP contribution in [0.1, 0.15) is 46.5 Å². The van der Waals surface area contributed by atoms with E-state index in [0.717, 1.165) is 6.42 Å². The summed E-state index contributed by atoms with van der Waals surface area (Å²) in [7, 11) is 0. The van der Waals surface area contributed by atoms with Crippen molar-refractivity contribution in [3.05, 3.63) is 0 Å². The van der Waals surface area contributed by atoms with Crippen molar-refractivity contribution >= 4 is 0 Å². The molecule has 0 aromatic heterocycles. The zero-order chi connectivity index (χ0) is 8.48. The molecule has 1 aliphatic rings. The van der Waals surface area contributed by atoms with Gasteiger partial charge in [0.25, 0.3) is 0 Å². The molecule has 1 fully saturated rings. The van der Waals surface area contributed by atoms with E-state index in [4.69, 9.17) is 0 Å². The lowest BCUT2D eigenvalue weighted by Gasteiger charge is -2.37. The summed E-state index contributed by atoms with van der Waals surface area (Å²) in [5, 5.41) is 9.70. The third-order valence-electron chi connectivity index (χ3n) is 2.84. The van der Waals surface area contributed by atoms with Gasteiger partial charge in [-0.05, 0) is 24.2 Å². The first-order chi connectivity index (χ1) is 5.02. The first kappa shape index (κ1) is 9.05. The Kier molecular flexibility index (Phi) is 2.58. The molecular weight excluding hydrogens is 136 g/mol. The van der Waals surface area contributed by atoms with E-state index in [1.165, 1.54) is 19.3 Å². The number of aliphatic hydroxyl groups is 1. The van der Waals surface area contributed by atoms with Crippen LogP contribution in [0.3, 0.4) is 0 Å². The maximum Gasteiger partial charge on any atom is 0.0573 e. The van der Waals surface area contributed by atoms with Crippen LogP contribution < -0.4 is 0 Å². The third kappa shape index (κ3) is 2.19. The first-order valence-electron chi connectivity index (χ1n) is 4.70. The molecule has 0 radical (unpaired) electrons. The summed E-state index contributed by atoms with van der Waals surface area (Å²) < 4.78 is 0. The Labute approximate surface area is 69.8 Å². The molecule has 0 saturated heterocycles. The molecule has 1 nitrogen and oxygen atoms in total. The number of rotatable bonds is 0. The van der Waals surface area contributed by atoms with Crippen molar-refractivity contribution in [2.45, 2.75) is 52.6 Å². The van der Waals surface area contributed by atoms with Crippen molar-refractivity contribution < 1.29 is 5.11 Å². The minimum atomic E-state index is -0.0382. The molecule has 1 aliphatic carbocycles. The molecule has 11 heavy (non-hydrogen) atoms. The fraction of sp³-hybridized carbons (Fsp3) is 1.00. The molecule has 0 bridgehead atoms. The van der Waals surface area contributed by atoms with Gasteiger partial charge in [0.1, 0.15) is 0 Å². The molecule has 1 heteroatoms. The van der Waals surface area contributed by atoms with Crippen molar-refractivity contribution in [1.29, 1.82) is 0 Å². The smallest absolute Gasteiger partial charge is 0.0573 e. The van der Waals surface area contributed by atoms with Crippen LogP contribution >= 0.6 is 0 Å². The van der Waals surface area contributed by atoms with Crippen LogP contribution in [-0.2, 0) is 0 Å². The van der Waals surface area contributed by atoms with E-state index in [1.54, 1.807) is 0 Å².